The third-order valence-electron chi connectivity index (χ3n) is 11.8. The van der Waals surface area contributed by atoms with Gasteiger partial charge < -0.3 is 30.0 Å². The summed E-state index contributed by atoms with van der Waals surface area (Å²) in [5.41, 5.74) is 2.04. The minimum Gasteiger partial charge on any atom is -0.508 e. The van der Waals surface area contributed by atoms with Crippen LogP contribution in [-0.4, -0.2) is 65.0 Å². The fourth-order valence-electron chi connectivity index (χ4n) is 9.24. The van der Waals surface area contributed by atoms with Gasteiger partial charge in [0.25, 0.3) is 0 Å². The van der Waals surface area contributed by atoms with Gasteiger partial charge in [-0.1, -0.05) is 108 Å². The molecule has 14 heteroatoms. The molecule has 6 atom stereocenters. The van der Waals surface area contributed by atoms with Gasteiger partial charge in [0.05, 0.1) is 42.4 Å². The monoisotopic (exact) mass is 846 g/mol. The molecule has 0 saturated carbocycles. The number of nitrogens with zero attached hydrogens (tertiary/aromatic N) is 2. The Hall–Kier alpha value is -7.34. The number of methoxy groups -OCH3 is 2. The molecule has 3 aliphatic heterocycles. The van der Waals surface area contributed by atoms with Crippen LogP contribution in [0.2, 0.25) is 0 Å². The van der Waals surface area contributed by atoms with Crippen molar-refractivity contribution in [2.24, 2.45) is 11.8 Å². The number of anilines is 2. The lowest BCUT2D eigenvalue weighted by Gasteiger charge is -2.46. The van der Waals surface area contributed by atoms with E-state index in [0.29, 0.717) is 33.5 Å². The molecule has 6 aromatic rings. The lowest BCUT2D eigenvalue weighted by atomic mass is 9.65. The number of esters is 3. The van der Waals surface area contributed by atoms with Crippen LogP contribution in [0.4, 0.5) is 10.8 Å². The third kappa shape index (κ3) is 6.72. The predicted molar refractivity (Wildman–Crippen MR) is 228 cm³/mol. The van der Waals surface area contributed by atoms with E-state index in [9.17, 15) is 14.7 Å². The molecular formula is C48H38N4O9S. The Morgan fingerprint density at radius 3 is 2.19 bits per heavy atom. The number of carbonyl (C=O) groups excluding carboxylic acids is 5. The molecule has 3 N–H and O–H groups in total. The van der Waals surface area contributed by atoms with Gasteiger partial charge in [-0.05, 0) is 64.7 Å². The lowest BCUT2D eigenvalue weighted by Crippen LogP contribution is -2.53. The summed E-state index contributed by atoms with van der Waals surface area (Å²) in [7, 11) is 2.33. The number of hydrogen-bond donors (Lipinski definition) is 3. The number of hydrogen-bond acceptors (Lipinski definition) is 12. The van der Waals surface area contributed by atoms with Gasteiger partial charge in [-0.3, -0.25) is 28.9 Å². The Morgan fingerprint density at radius 2 is 1.52 bits per heavy atom. The van der Waals surface area contributed by atoms with E-state index in [-0.39, 0.29) is 17.3 Å². The molecule has 13 nitrogen and oxygen atoms in total. The van der Waals surface area contributed by atoms with Crippen molar-refractivity contribution in [3.05, 3.63) is 155 Å². The summed E-state index contributed by atoms with van der Waals surface area (Å²) < 4.78 is 16.9. The molecular weight excluding hydrogens is 809 g/mol. The van der Waals surface area contributed by atoms with Crippen molar-refractivity contribution < 1.29 is 43.3 Å². The Kier molecular flexibility index (Phi) is 10.5. The predicted octanol–water partition coefficient (Wildman–Crippen LogP) is 6.62. The summed E-state index contributed by atoms with van der Waals surface area (Å²) in [6.07, 6.45) is -1.09. The zero-order valence-electron chi connectivity index (χ0n) is 33.3. The minimum atomic E-state index is -1.84. The van der Waals surface area contributed by atoms with Gasteiger partial charge in [0.2, 0.25) is 11.8 Å². The molecule has 1 spiro atoms. The highest BCUT2D eigenvalue weighted by Gasteiger charge is 2.74. The molecule has 2 amide bonds. The lowest BCUT2D eigenvalue weighted by molar-refractivity contribution is -0.178. The number of carbonyl (C=O) groups is 5. The van der Waals surface area contributed by atoms with Gasteiger partial charge in [0.15, 0.2) is 11.0 Å². The van der Waals surface area contributed by atoms with Crippen molar-refractivity contribution in [3.8, 4) is 17.6 Å². The number of amides is 2. The fraction of sp³-hybridized carbons (Fsp3) is 0.208. The second-order valence-corrected chi connectivity index (χ2v) is 16.2. The SMILES string of the molecule is COC(=O)C(CC#Cc1ccc2c(c1)[C@]1(C(=O)N2)[C@H](c2ccc(O)cc2)N2[C@H](c3ccccc3)[C@H](c3ccccc3)OC(=O)[C@H]2[C@@H]1C(=O)Nc1nc2ccccc2s1)C(=O)OC. The van der Waals surface area contributed by atoms with Crippen molar-refractivity contribution in [1.29, 1.82) is 0 Å². The van der Waals surface area contributed by atoms with Crippen molar-refractivity contribution in [1.82, 2.24) is 9.88 Å². The number of benzene rings is 5. The van der Waals surface area contributed by atoms with Crippen molar-refractivity contribution in [2.45, 2.75) is 36.1 Å². The average Bonchev–Trinajstić information content (AvgIpc) is 3.95. The minimum absolute atomic E-state index is 0.0200. The molecule has 62 heavy (non-hydrogen) atoms. The van der Waals surface area contributed by atoms with Crippen molar-refractivity contribution in [2.75, 3.05) is 24.9 Å². The highest BCUT2D eigenvalue weighted by atomic mass is 32.1. The molecule has 0 radical (unpaired) electrons. The van der Waals surface area contributed by atoms with E-state index in [1.807, 2.05) is 89.8 Å². The van der Waals surface area contributed by atoms with Crippen LogP contribution in [0.25, 0.3) is 10.2 Å². The molecule has 0 bridgehead atoms. The van der Waals surface area contributed by atoms with E-state index in [0.717, 1.165) is 10.3 Å². The molecule has 2 saturated heterocycles. The first kappa shape index (κ1) is 40.1. The number of cyclic esters (lactones) is 1. The standard InChI is InChI=1S/C48H38N4O9S/c1-59-43(55)32(44(56)60-2)17-11-12-27-20-25-34-33(26-27)48(46(58)49-34)37(42(54)51-47-50-35-18-9-10-19-36(35)62-47)39-45(57)61-40(29-15-7-4-8-16-29)38(28-13-5-3-6-14-28)52(39)41(48)30-21-23-31(53)24-22-30/h3-10,13-16,18-26,32,37-41,53H,17H2,1-2H3,(H,49,58)(H,50,51,54)/t37-,38-,39-,40+,41+,48-/m1/s1. The molecule has 3 aliphatic rings. The maximum absolute atomic E-state index is 15.4. The van der Waals surface area contributed by atoms with Crippen LogP contribution in [-0.2, 0) is 43.6 Å². The number of para-hydroxylation sites is 1. The van der Waals surface area contributed by atoms with E-state index >= 15 is 14.4 Å². The summed E-state index contributed by atoms with van der Waals surface area (Å²) >= 11 is 1.26. The smallest absolute Gasteiger partial charge is 0.324 e. The van der Waals surface area contributed by atoms with E-state index in [4.69, 9.17) is 14.2 Å². The van der Waals surface area contributed by atoms with Gasteiger partial charge in [-0.25, -0.2) is 4.98 Å². The van der Waals surface area contributed by atoms with Gasteiger partial charge in [-0.2, -0.15) is 0 Å². The molecule has 1 aromatic heterocycles. The average molecular weight is 847 g/mol. The van der Waals surface area contributed by atoms with Crippen LogP contribution in [0, 0.1) is 23.7 Å². The van der Waals surface area contributed by atoms with Crippen LogP contribution in [0.1, 0.15) is 52.4 Å². The van der Waals surface area contributed by atoms with Crippen molar-refractivity contribution >= 4 is 62.1 Å². The molecule has 9 rings (SSSR count). The Balaban J connectivity index is 1.28. The molecule has 310 valence electrons. The third-order valence-corrected chi connectivity index (χ3v) is 12.8. The Bertz CT molecular complexity index is 2750. The van der Waals surface area contributed by atoms with Crippen LogP contribution in [0.3, 0.4) is 0 Å². The molecule has 5 aromatic carbocycles. The largest absolute Gasteiger partial charge is 0.508 e. The number of ether oxygens (including phenoxy) is 3. The summed E-state index contributed by atoms with van der Waals surface area (Å²) in [6, 6.07) is 34.6. The van der Waals surface area contributed by atoms with Crippen LogP contribution in [0.15, 0.2) is 127 Å². The van der Waals surface area contributed by atoms with Crippen LogP contribution < -0.4 is 10.6 Å². The molecule has 2 fully saturated rings. The maximum Gasteiger partial charge on any atom is 0.324 e. The highest BCUT2D eigenvalue weighted by Crippen LogP contribution is 2.65. The normalized spacial score (nSPS) is 22.5. The second kappa shape index (κ2) is 16.3. The summed E-state index contributed by atoms with van der Waals surface area (Å²) in [5.74, 6) is -0.308. The number of phenols is 1. The Morgan fingerprint density at radius 1 is 0.855 bits per heavy atom. The zero-order valence-corrected chi connectivity index (χ0v) is 34.1. The number of phenolic OH excluding ortho intramolecular Hbond substituents is 1. The van der Waals surface area contributed by atoms with Crippen LogP contribution in [0.5, 0.6) is 5.75 Å². The van der Waals surface area contributed by atoms with Gasteiger partial charge in [0.1, 0.15) is 23.3 Å². The van der Waals surface area contributed by atoms with Gasteiger partial charge in [-0.15, -0.1) is 0 Å². The van der Waals surface area contributed by atoms with Gasteiger partial charge >= 0.3 is 17.9 Å². The molecule has 4 heterocycles. The first-order chi connectivity index (χ1) is 30.1. The highest BCUT2D eigenvalue weighted by molar-refractivity contribution is 7.22. The first-order valence-corrected chi connectivity index (χ1v) is 20.6. The number of rotatable bonds is 8. The number of nitrogens with one attached hydrogen (secondary N) is 2. The number of thiazole rings is 1. The number of morpholine rings is 1. The summed E-state index contributed by atoms with van der Waals surface area (Å²) in [4.78, 5) is 77.4. The Labute approximate surface area is 359 Å². The van der Waals surface area contributed by atoms with Crippen LogP contribution >= 0.6 is 11.3 Å². The summed E-state index contributed by atoms with van der Waals surface area (Å²) in [5, 5.41) is 16.9. The van der Waals surface area contributed by atoms with E-state index in [2.05, 4.69) is 27.5 Å². The van der Waals surface area contributed by atoms with Gasteiger partial charge in [0, 0.05) is 17.7 Å². The number of aromatic hydroxyl groups is 1. The molecule has 0 unspecified atom stereocenters. The van der Waals surface area contributed by atoms with E-state index < -0.39 is 71.2 Å². The maximum atomic E-state index is 15.4. The zero-order chi connectivity index (χ0) is 43.1. The number of aromatic nitrogens is 1. The second-order valence-electron chi connectivity index (χ2n) is 15.2. The van der Waals surface area contributed by atoms with E-state index in [1.165, 1.54) is 37.7 Å². The fourth-order valence-corrected chi connectivity index (χ4v) is 10.1. The topological polar surface area (TPSA) is 173 Å². The number of fused-ring (bicyclic) bond motifs is 4. The first-order valence-electron chi connectivity index (χ1n) is 19.8. The quantitative estimate of drug-likeness (QED) is 0.0651. The summed E-state index contributed by atoms with van der Waals surface area (Å²) in [6.45, 7) is 0. The van der Waals surface area contributed by atoms with Crippen molar-refractivity contribution in [3.63, 3.8) is 0 Å². The van der Waals surface area contributed by atoms with E-state index in [1.54, 1.807) is 30.3 Å². The molecule has 0 aliphatic carbocycles.